The van der Waals surface area contributed by atoms with E-state index in [1.54, 1.807) is 0 Å². The molecule has 1 aliphatic heterocycles. The van der Waals surface area contributed by atoms with Gasteiger partial charge in [0, 0.05) is 11.3 Å². The maximum absolute atomic E-state index is 9.50. The quantitative estimate of drug-likeness (QED) is 0.847. The third-order valence-electron chi connectivity index (χ3n) is 2.76. The van der Waals surface area contributed by atoms with Crippen molar-refractivity contribution in [3.05, 3.63) is 29.8 Å². The lowest BCUT2D eigenvalue weighted by Crippen LogP contribution is -2.31. The molecule has 100 valence electrons. The fourth-order valence-corrected chi connectivity index (χ4v) is 2.22. The number of hydrogen-bond donors (Lipinski definition) is 1. The van der Waals surface area contributed by atoms with Crippen molar-refractivity contribution in [1.29, 1.82) is 0 Å². The lowest BCUT2D eigenvalue weighted by molar-refractivity contribution is 0.340. The molecule has 1 aromatic rings. The third-order valence-corrected chi connectivity index (χ3v) is 2.76. The van der Waals surface area contributed by atoms with Gasteiger partial charge in [0.2, 0.25) is 0 Å². The lowest BCUT2D eigenvalue weighted by Gasteiger charge is -2.31. The topological polar surface area (TPSA) is 21.3 Å². The van der Waals surface area contributed by atoms with Crippen LogP contribution in [0.3, 0.4) is 0 Å². The molecule has 0 fully saturated rings. The molecule has 1 N–H and O–H groups in total. The van der Waals surface area contributed by atoms with Gasteiger partial charge in [0.05, 0.1) is 19.3 Å². The Kier molecular flexibility index (Phi) is 4.76. The molecule has 1 heterocycles. The van der Waals surface area contributed by atoms with Crippen LogP contribution in [0.1, 0.15) is 33.3 Å². The van der Waals surface area contributed by atoms with E-state index in [4.69, 9.17) is 4.74 Å². The van der Waals surface area contributed by atoms with Crippen LogP contribution < -0.4 is 10.1 Å². The number of fused-ring (bicyclic) bond motifs is 1. The van der Waals surface area contributed by atoms with Crippen LogP contribution in [0.25, 0.3) is 5.57 Å². The second-order valence-corrected chi connectivity index (χ2v) is 4.81. The lowest BCUT2D eigenvalue weighted by atomic mass is 9.91. The first-order chi connectivity index (χ1) is 8.52. The number of allylic oxidation sites excluding steroid dienone is 1. The molecule has 0 saturated carbocycles. The predicted octanol–water partition coefficient (Wildman–Crippen LogP) is 4.28. The standard InChI is InChI=1S/C14H19NO.CH3F/c1-5-16-11-6-7-13-12(8-11)10(2)9-14(3,4)15-13;1-2/h6-9,15H,5H2,1-4H3;1H3. The number of alkyl halides is 1. The van der Waals surface area contributed by atoms with Crippen molar-refractivity contribution in [2.45, 2.75) is 33.2 Å². The van der Waals surface area contributed by atoms with Crippen LogP contribution >= 0.6 is 0 Å². The zero-order valence-electron chi connectivity index (χ0n) is 11.8. The Balaban J connectivity index is 0.000000771. The van der Waals surface area contributed by atoms with Crippen molar-refractivity contribution >= 4 is 11.3 Å². The Labute approximate surface area is 109 Å². The second-order valence-electron chi connectivity index (χ2n) is 4.81. The van der Waals surface area contributed by atoms with Gasteiger partial charge in [-0.25, -0.2) is 0 Å². The van der Waals surface area contributed by atoms with Gasteiger partial charge in [0.25, 0.3) is 0 Å². The first kappa shape index (κ1) is 14.6. The average molecular weight is 251 g/mol. The summed E-state index contributed by atoms with van der Waals surface area (Å²) >= 11 is 0. The van der Waals surface area contributed by atoms with E-state index in [0.29, 0.717) is 13.8 Å². The van der Waals surface area contributed by atoms with Gasteiger partial charge in [-0.05, 0) is 51.5 Å². The summed E-state index contributed by atoms with van der Waals surface area (Å²) in [6.45, 7) is 9.22. The minimum Gasteiger partial charge on any atom is -0.494 e. The van der Waals surface area contributed by atoms with Gasteiger partial charge in [-0.15, -0.1) is 0 Å². The molecule has 2 rings (SSSR count). The van der Waals surface area contributed by atoms with Gasteiger partial charge >= 0.3 is 0 Å². The van der Waals surface area contributed by atoms with Gasteiger partial charge in [0.15, 0.2) is 0 Å². The first-order valence-corrected chi connectivity index (χ1v) is 6.14. The molecule has 0 aromatic heterocycles. The highest BCUT2D eigenvalue weighted by atomic mass is 19.1. The van der Waals surface area contributed by atoms with Crippen molar-refractivity contribution in [2.75, 3.05) is 19.1 Å². The zero-order chi connectivity index (χ0) is 13.8. The van der Waals surface area contributed by atoms with Crippen LogP contribution in [0.15, 0.2) is 24.3 Å². The highest BCUT2D eigenvalue weighted by Gasteiger charge is 2.22. The number of nitrogens with one attached hydrogen (secondary N) is 1. The van der Waals surface area contributed by atoms with E-state index in [9.17, 15) is 4.39 Å². The molecule has 1 aromatic carbocycles. The van der Waals surface area contributed by atoms with Crippen LogP contribution in [0, 0.1) is 0 Å². The summed E-state index contributed by atoms with van der Waals surface area (Å²) in [7, 11) is 0.500. The van der Waals surface area contributed by atoms with Gasteiger partial charge in [-0.3, -0.25) is 4.39 Å². The number of halogens is 1. The molecule has 0 atom stereocenters. The van der Waals surface area contributed by atoms with Crippen molar-refractivity contribution < 1.29 is 9.13 Å². The monoisotopic (exact) mass is 251 g/mol. The number of hydrogen-bond acceptors (Lipinski definition) is 2. The number of anilines is 1. The predicted molar refractivity (Wildman–Crippen MR) is 76.0 cm³/mol. The maximum Gasteiger partial charge on any atom is 0.120 e. The van der Waals surface area contributed by atoms with Gasteiger partial charge in [-0.1, -0.05) is 6.08 Å². The fraction of sp³-hybridized carbons (Fsp3) is 0.467. The summed E-state index contributed by atoms with van der Waals surface area (Å²) in [6, 6.07) is 6.22. The molecule has 0 spiro atoms. The molecule has 0 amide bonds. The normalized spacial score (nSPS) is 15.6. The highest BCUT2D eigenvalue weighted by molar-refractivity contribution is 5.80. The van der Waals surface area contributed by atoms with Gasteiger partial charge in [0.1, 0.15) is 5.75 Å². The molecule has 18 heavy (non-hydrogen) atoms. The van der Waals surface area contributed by atoms with Crippen molar-refractivity contribution in [3.63, 3.8) is 0 Å². The summed E-state index contributed by atoms with van der Waals surface area (Å²) in [5.41, 5.74) is 3.77. The Morgan fingerprint density at radius 2 is 1.94 bits per heavy atom. The Morgan fingerprint density at radius 3 is 2.56 bits per heavy atom. The van der Waals surface area contributed by atoms with Crippen molar-refractivity contribution in [2.24, 2.45) is 0 Å². The van der Waals surface area contributed by atoms with E-state index in [0.717, 1.165) is 5.75 Å². The first-order valence-electron chi connectivity index (χ1n) is 6.14. The highest BCUT2D eigenvalue weighted by Crippen LogP contribution is 2.35. The Bertz CT molecular complexity index is 438. The Morgan fingerprint density at radius 1 is 1.28 bits per heavy atom. The van der Waals surface area contributed by atoms with E-state index in [-0.39, 0.29) is 5.54 Å². The smallest absolute Gasteiger partial charge is 0.120 e. The van der Waals surface area contributed by atoms with E-state index in [1.165, 1.54) is 16.8 Å². The molecule has 0 saturated heterocycles. The number of rotatable bonds is 2. The number of ether oxygens (including phenoxy) is 1. The second kappa shape index (κ2) is 5.89. The van der Waals surface area contributed by atoms with Crippen molar-refractivity contribution in [3.8, 4) is 5.75 Å². The van der Waals surface area contributed by atoms with Crippen LogP contribution in [-0.4, -0.2) is 19.3 Å². The van der Waals surface area contributed by atoms with Crippen LogP contribution in [0.2, 0.25) is 0 Å². The van der Waals surface area contributed by atoms with E-state index in [1.807, 2.05) is 13.0 Å². The van der Waals surface area contributed by atoms with Crippen LogP contribution in [0.5, 0.6) is 5.75 Å². The van der Waals surface area contributed by atoms with Crippen LogP contribution in [0.4, 0.5) is 10.1 Å². The maximum atomic E-state index is 9.50. The fourth-order valence-electron chi connectivity index (χ4n) is 2.22. The summed E-state index contributed by atoms with van der Waals surface area (Å²) in [5, 5.41) is 3.50. The van der Waals surface area contributed by atoms with E-state index >= 15 is 0 Å². The summed E-state index contributed by atoms with van der Waals surface area (Å²) in [5.74, 6) is 0.940. The molecule has 0 bridgehead atoms. The average Bonchev–Trinajstić information content (AvgIpc) is 2.32. The SMILES string of the molecule is CCOc1ccc2c(c1)C(C)=CC(C)(C)N2.CF. The molecule has 0 radical (unpaired) electrons. The molecular formula is C15H22FNO. The Hall–Kier alpha value is -1.51. The molecule has 0 unspecified atom stereocenters. The van der Waals surface area contributed by atoms with E-state index in [2.05, 4.69) is 44.3 Å². The summed E-state index contributed by atoms with van der Waals surface area (Å²) < 4.78 is 15.0. The largest absolute Gasteiger partial charge is 0.494 e. The summed E-state index contributed by atoms with van der Waals surface area (Å²) in [4.78, 5) is 0. The molecular weight excluding hydrogens is 229 g/mol. The van der Waals surface area contributed by atoms with E-state index < -0.39 is 0 Å². The zero-order valence-corrected chi connectivity index (χ0v) is 11.8. The minimum absolute atomic E-state index is 0.0320. The third kappa shape index (κ3) is 3.25. The molecule has 1 aliphatic rings. The summed E-state index contributed by atoms with van der Waals surface area (Å²) in [6.07, 6.45) is 2.26. The molecule has 3 heteroatoms. The minimum atomic E-state index is 0.0320. The number of benzene rings is 1. The van der Waals surface area contributed by atoms with Crippen molar-refractivity contribution in [1.82, 2.24) is 0 Å². The van der Waals surface area contributed by atoms with Crippen LogP contribution in [-0.2, 0) is 0 Å². The van der Waals surface area contributed by atoms with Gasteiger partial charge in [-0.2, -0.15) is 0 Å². The molecule has 0 aliphatic carbocycles. The molecule has 2 nitrogen and oxygen atoms in total. The van der Waals surface area contributed by atoms with Gasteiger partial charge < -0.3 is 10.1 Å².